The van der Waals surface area contributed by atoms with Gasteiger partial charge in [0.2, 0.25) is 0 Å². The first-order valence-electron chi connectivity index (χ1n) is 17.5. The molecule has 226 valence electrons. The Morgan fingerprint density at radius 2 is 0.921 bits per heavy atom. The largest absolute Gasteiger partial charge is 0.466 e. The van der Waals surface area contributed by atoms with Gasteiger partial charge in [0.05, 0.1) is 6.61 Å². The van der Waals surface area contributed by atoms with E-state index in [0.29, 0.717) is 13.0 Å². The smallest absolute Gasteiger partial charge is 0.305 e. The van der Waals surface area contributed by atoms with Crippen LogP contribution in [0, 0.1) is 5.92 Å². The zero-order valence-corrected chi connectivity index (χ0v) is 26.6. The molecule has 0 aromatic heterocycles. The lowest BCUT2D eigenvalue weighted by atomic mass is 10.0. The van der Waals surface area contributed by atoms with Crippen LogP contribution in [0.2, 0.25) is 0 Å². The molecule has 0 fully saturated rings. The Bertz CT molecular complexity index is 482. The number of hydrogen-bond acceptors (Lipinski definition) is 2. The Morgan fingerprint density at radius 3 is 1.39 bits per heavy atom. The van der Waals surface area contributed by atoms with E-state index in [9.17, 15) is 4.79 Å². The van der Waals surface area contributed by atoms with Gasteiger partial charge in [0.25, 0.3) is 0 Å². The summed E-state index contributed by atoms with van der Waals surface area (Å²) in [6, 6.07) is 0. The number of rotatable bonds is 31. The maximum Gasteiger partial charge on any atom is 0.305 e. The van der Waals surface area contributed by atoms with Gasteiger partial charge in [-0.25, -0.2) is 0 Å². The van der Waals surface area contributed by atoms with Gasteiger partial charge in [-0.05, 0) is 44.4 Å². The monoisotopic (exact) mass is 535 g/mol. The maximum absolute atomic E-state index is 11.9. The summed E-state index contributed by atoms with van der Waals surface area (Å²) in [7, 11) is 0. The molecule has 0 radical (unpaired) electrons. The quantitative estimate of drug-likeness (QED) is 0.0502. The van der Waals surface area contributed by atoms with E-state index >= 15 is 0 Å². The van der Waals surface area contributed by atoms with Crippen LogP contribution < -0.4 is 0 Å². The fraction of sp³-hybridized carbons (Fsp3) is 0.917. The van der Waals surface area contributed by atoms with Crippen LogP contribution in [0.25, 0.3) is 0 Å². The second-order valence-corrected chi connectivity index (χ2v) is 12.3. The number of carbonyl (C=O) groups excluding carboxylic acids is 1. The van der Waals surface area contributed by atoms with Crippen molar-refractivity contribution in [2.45, 2.75) is 201 Å². The van der Waals surface area contributed by atoms with Gasteiger partial charge in [0.15, 0.2) is 0 Å². The van der Waals surface area contributed by atoms with E-state index in [0.717, 1.165) is 25.2 Å². The van der Waals surface area contributed by atoms with E-state index in [-0.39, 0.29) is 5.97 Å². The number of carbonyl (C=O) groups is 1. The molecule has 0 aliphatic heterocycles. The fourth-order valence-electron chi connectivity index (χ4n) is 5.20. The Labute approximate surface area is 240 Å². The number of unbranched alkanes of at least 4 members (excludes halogenated alkanes) is 23. The summed E-state index contributed by atoms with van der Waals surface area (Å²) >= 11 is 0. The van der Waals surface area contributed by atoms with Crippen LogP contribution in [0.4, 0.5) is 0 Å². The Kier molecular flexibility index (Phi) is 31.7. The highest BCUT2D eigenvalue weighted by Gasteiger charge is 2.02. The van der Waals surface area contributed by atoms with E-state index < -0.39 is 0 Å². The number of hydrogen-bond donors (Lipinski definition) is 0. The minimum atomic E-state index is 0.0162. The second-order valence-electron chi connectivity index (χ2n) is 12.3. The predicted molar refractivity (Wildman–Crippen MR) is 170 cm³/mol. The minimum Gasteiger partial charge on any atom is -0.466 e. The topological polar surface area (TPSA) is 26.3 Å². The molecule has 0 amide bonds. The Morgan fingerprint density at radius 1 is 0.526 bits per heavy atom. The highest BCUT2D eigenvalue weighted by atomic mass is 16.5. The van der Waals surface area contributed by atoms with Gasteiger partial charge in [-0.15, -0.1) is 0 Å². The normalized spacial score (nSPS) is 11.7. The molecule has 0 unspecified atom stereocenters. The molecule has 38 heavy (non-hydrogen) atoms. The SMILES string of the molecule is CCCCCCCCC=CCCCCCCCC(=O)OCCCCCCCCCCCCCCCC(C)C. The van der Waals surface area contributed by atoms with Gasteiger partial charge < -0.3 is 4.74 Å². The van der Waals surface area contributed by atoms with Crippen molar-refractivity contribution < 1.29 is 9.53 Å². The van der Waals surface area contributed by atoms with Crippen LogP contribution in [0.3, 0.4) is 0 Å². The van der Waals surface area contributed by atoms with E-state index in [1.54, 1.807) is 0 Å². The maximum atomic E-state index is 11.9. The lowest BCUT2D eigenvalue weighted by Gasteiger charge is -2.06. The third-order valence-corrected chi connectivity index (χ3v) is 7.83. The van der Waals surface area contributed by atoms with Crippen molar-refractivity contribution in [2.24, 2.45) is 5.92 Å². The van der Waals surface area contributed by atoms with Crippen LogP contribution in [-0.4, -0.2) is 12.6 Å². The van der Waals surface area contributed by atoms with Gasteiger partial charge >= 0.3 is 5.97 Å². The highest BCUT2D eigenvalue weighted by Crippen LogP contribution is 2.15. The Balaban J connectivity index is 3.19. The van der Waals surface area contributed by atoms with Crippen molar-refractivity contribution in [3.05, 3.63) is 12.2 Å². The van der Waals surface area contributed by atoms with Crippen molar-refractivity contribution >= 4 is 5.97 Å². The van der Waals surface area contributed by atoms with Gasteiger partial charge in [0, 0.05) is 6.42 Å². The first-order chi connectivity index (χ1) is 18.7. The summed E-state index contributed by atoms with van der Waals surface area (Å²) in [4.78, 5) is 11.9. The van der Waals surface area contributed by atoms with Crippen molar-refractivity contribution in [3.8, 4) is 0 Å². The molecule has 0 aliphatic carbocycles. The third-order valence-electron chi connectivity index (χ3n) is 7.83. The first kappa shape index (κ1) is 37.2. The molecule has 0 aromatic rings. The van der Waals surface area contributed by atoms with Crippen LogP contribution in [0.15, 0.2) is 12.2 Å². The van der Waals surface area contributed by atoms with E-state index in [2.05, 4.69) is 32.9 Å². The van der Waals surface area contributed by atoms with Crippen LogP contribution in [0.5, 0.6) is 0 Å². The number of allylic oxidation sites excluding steroid dienone is 2. The molecule has 0 N–H and O–H groups in total. The standard InChI is InChI=1S/C36H70O2/c1-4-5-6-7-8-9-10-11-12-15-18-21-24-27-30-33-36(37)38-34-31-28-25-22-19-16-13-14-17-20-23-26-29-32-35(2)3/h11-12,35H,4-10,13-34H2,1-3H3. The van der Waals surface area contributed by atoms with Gasteiger partial charge in [-0.2, -0.15) is 0 Å². The van der Waals surface area contributed by atoms with Crippen molar-refractivity contribution in [1.82, 2.24) is 0 Å². The molecule has 0 atom stereocenters. The predicted octanol–water partition coefficient (Wildman–Crippen LogP) is 12.7. The third kappa shape index (κ3) is 33.2. The Hall–Kier alpha value is -0.790. The van der Waals surface area contributed by atoms with Crippen molar-refractivity contribution in [1.29, 1.82) is 0 Å². The molecule has 0 saturated carbocycles. The summed E-state index contributed by atoms with van der Waals surface area (Å²) in [6.07, 6.45) is 41.2. The molecule has 0 aliphatic rings. The minimum absolute atomic E-state index is 0.0162. The number of ether oxygens (including phenoxy) is 1. The van der Waals surface area contributed by atoms with E-state index in [1.165, 1.54) is 154 Å². The van der Waals surface area contributed by atoms with Gasteiger partial charge in [-0.1, -0.05) is 168 Å². The fourth-order valence-corrected chi connectivity index (χ4v) is 5.20. The molecular formula is C36H70O2. The summed E-state index contributed by atoms with van der Waals surface area (Å²) in [6.45, 7) is 7.56. The molecule has 2 heteroatoms. The molecule has 0 spiro atoms. The molecule has 0 aromatic carbocycles. The highest BCUT2D eigenvalue weighted by molar-refractivity contribution is 5.69. The van der Waals surface area contributed by atoms with Crippen LogP contribution >= 0.6 is 0 Å². The molecular weight excluding hydrogens is 464 g/mol. The van der Waals surface area contributed by atoms with Crippen LogP contribution in [-0.2, 0) is 9.53 Å². The average molecular weight is 535 g/mol. The zero-order valence-electron chi connectivity index (χ0n) is 26.6. The van der Waals surface area contributed by atoms with Gasteiger partial charge in [0.1, 0.15) is 0 Å². The lowest BCUT2D eigenvalue weighted by Crippen LogP contribution is -2.05. The van der Waals surface area contributed by atoms with E-state index in [1.807, 2.05) is 0 Å². The molecule has 0 rings (SSSR count). The summed E-state index contributed by atoms with van der Waals surface area (Å²) in [5.74, 6) is 0.888. The molecule has 0 saturated heterocycles. The van der Waals surface area contributed by atoms with Crippen molar-refractivity contribution in [3.63, 3.8) is 0 Å². The summed E-state index contributed by atoms with van der Waals surface area (Å²) in [5, 5.41) is 0. The second kappa shape index (κ2) is 32.4. The number of esters is 1. The molecule has 2 nitrogen and oxygen atoms in total. The zero-order chi connectivity index (χ0) is 27.8. The molecule has 0 bridgehead atoms. The summed E-state index contributed by atoms with van der Waals surface area (Å²) < 4.78 is 5.43. The first-order valence-corrected chi connectivity index (χ1v) is 17.5. The van der Waals surface area contributed by atoms with E-state index in [4.69, 9.17) is 4.74 Å². The average Bonchev–Trinajstić information content (AvgIpc) is 2.90. The van der Waals surface area contributed by atoms with Crippen molar-refractivity contribution in [2.75, 3.05) is 6.61 Å². The van der Waals surface area contributed by atoms with Crippen LogP contribution in [0.1, 0.15) is 201 Å². The lowest BCUT2D eigenvalue weighted by molar-refractivity contribution is -0.143. The van der Waals surface area contributed by atoms with Gasteiger partial charge in [-0.3, -0.25) is 4.79 Å². The molecule has 0 heterocycles. The summed E-state index contributed by atoms with van der Waals surface area (Å²) in [5.41, 5.74) is 0.